The maximum Gasteiger partial charge on any atom is 0.237 e. The van der Waals surface area contributed by atoms with Gasteiger partial charge in [-0.1, -0.05) is 80.9 Å². The monoisotopic (exact) mass is 439 g/mol. The van der Waals surface area contributed by atoms with Crippen molar-refractivity contribution in [3.05, 3.63) is 71.8 Å². The van der Waals surface area contributed by atoms with Gasteiger partial charge in [-0.15, -0.1) is 0 Å². The van der Waals surface area contributed by atoms with E-state index in [9.17, 15) is 4.79 Å². The Hall–Kier alpha value is -1.82. The molecule has 1 aliphatic rings. The van der Waals surface area contributed by atoms with Crippen molar-refractivity contribution in [2.45, 2.75) is 56.4 Å². The fraction of sp³-hybridized carbons (Fsp3) is 0.500. The van der Waals surface area contributed by atoms with Crippen LogP contribution >= 0.6 is 12.6 Å². The Bertz CT molecular complexity index is 746. The van der Waals surface area contributed by atoms with Gasteiger partial charge in [0.15, 0.2) is 0 Å². The maximum absolute atomic E-state index is 13.1. The molecular weight excluding hydrogens is 402 g/mol. The Labute approximate surface area is 193 Å². The van der Waals surface area contributed by atoms with Crippen LogP contribution in [0, 0.1) is 5.92 Å². The van der Waals surface area contributed by atoms with Gasteiger partial charge < -0.3 is 16.0 Å². The molecule has 0 unspecified atom stereocenters. The highest BCUT2D eigenvalue weighted by molar-refractivity contribution is 7.81. The smallest absolute Gasteiger partial charge is 0.237 e. The second-order valence-electron chi connectivity index (χ2n) is 8.72. The molecule has 5 heteroatoms. The molecule has 1 heterocycles. The van der Waals surface area contributed by atoms with E-state index in [1.165, 1.54) is 11.1 Å². The predicted molar refractivity (Wildman–Crippen MR) is 133 cm³/mol. The van der Waals surface area contributed by atoms with Crippen LogP contribution in [0.15, 0.2) is 60.7 Å². The molecule has 1 amide bonds. The van der Waals surface area contributed by atoms with Gasteiger partial charge in [-0.25, -0.2) is 0 Å². The molecule has 3 N–H and O–H groups in total. The largest absolute Gasteiger partial charge is 0.355 e. The van der Waals surface area contributed by atoms with Gasteiger partial charge in [-0.05, 0) is 29.9 Å². The summed E-state index contributed by atoms with van der Waals surface area (Å²) in [5.41, 5.74) is 2.57. The third-order valence-electron chi connectivity index (χ3n) is 6.41. The predicted octanol–water partition coefficient (Wildman–Crippen LogP) is 3.99. The quantitative estimate of drug-likeness (QED) is 0.401. The van der Waals surface area contributed by atoms with Crippen LogP contribution in [0.1, 0.15) is 50.2 Å². The molecule has 31 heavy (non-hydrogen) atoms. The molecule has 2 aromatic carbocycles. The van der Waals surface area contributed by atoms with Gasteiger partial charge in [0.25, 0.3) is 0 Å². The summed E-state index contributed by atoms with van der Waals surface area (Å²) in [6.07, 6.45) is 2.88. The van der Waals surface area contributed by atoms with Crippen LogP contribution < -0.4 is 16.0 Å². The van der Waals surface area contributed by atoms with E-state index in [0.29, 0.717) is 17.8 Å². The molecule has 0 aliphatic carbocycles. The lowest BCUT2D eigenvalue weighted by atomic mass is 9.88. The van der Waals surface area contributed by atoms with E-state index >= 15 is 0 Å². The van der Waals surface area contributed by atoms with Crippen molar-refractivity contribution in [1.29, 1.82) is 0 Å². The highest BCUT2D eigenvalue weighted by atomic mass is 32.1. The standard InChI is InChI=1S/C26H37N3OS/c1-3-19(2)25(29-17-22-16-23(31)18-28-22)26(30)27-15-14-24(20-10-6-4-7-11-20)21-12-8-5-9-13-21/h4-13,19,22-25,28-29,31H,3,14-18H2,1-2H3,(H,27,30)/t19-,22+,23+,25-/m0/s1. The van der Waals surface area contributed by atoms with Gasteiger partial charge >= 0.3 is 0 Å². The fourth-order valence-electron chi connectivity index (χ4n) is 4.36. The fourth-order valence-corrected chi connectivity index (χ4v) is 4.72. The van der Waals surface area contributed by atoms with Crippen LogP contribution in [0.2, 0.25) is 0 Å². The molecule has 3 rings (SSSR count). The lowest BCUT2D eigenvalue weighted by molar-refractivity contribution is -0.124. The molecule has 0 radical (unpaired) electrons. The van der Waals surface area contributed by atoms with Gasteiger partial charge in [0, 0.05) is 36.8 Å². The molecule has 168 valence electrons. The summed E-state index contributed by atoms with van der Waals surface area (Å²) in [6.45, 7) is 6.69. The first kappa shape index (κ1) is 23.8. The van der Waals surface area contributed by atoms with Crippen molar-refractivity contribution in [2.24, 2.45) is 5.92 Å². The van der Waals surface area contributed by atoms with E-state index in [-0.39, 0.29) is 23.8 Å². The first-order chi connectivity index (χ1) is 15.1. The minimum atomic E-state index is -0.169. The molecule has 1 saturated heterocycles. The molecule has 1 fully saturated rings. The van der Waals surface area contributed by atoms with Crippen LogP contribution in [0.25, 0.3) is 0 Å². The summed E-state index contributed by atoms with van der Waals surface area (Å²) in [5.74, 6) is 0.662. The van der Waals surface area contributed by atoms with Crippen LogP contribution in [-0.2, 0) is 4.79 Å². The van der Waals surface area contributed by atoms with Crippen LogP contribution in [0.3, 0.4) is 0 Å². The number of carbonyl (C=O) groups is 1. The molecule has 4 nitrogen and oxygen atoms in total. The van der Waals surface area contributed by atoms with E-state index in [4.69, 9.17) is 0 Å². The number of hydrogen-bond donors (Lipinski definition) is 4. The summed E-state index contributed by atoms with van der Waals surface area (Å²) in [6, 6.07) is 21.3. The topological polar surface area (TPSA) is 53.2 Å². The van der Waals surface area contributed by atoms with E-state index in [0.717, 1.165) is 32.4 Å². The molecular formula is C26H37N3OS. The summed E-state index contributed by atoms with van der Waals surface area (Å²) in [5, 5.41) is 10.6. The number of carbonyl (C=O) groups excluding carboxylic acids is 1. The van der Waals surface area contributed by atoms with Gasteiger partial charge in [-0.2, -0.15) is 12.6 Å². The van der Waals surface area contributed by atoms with Crippen molar-refractivity contribution in [1.82, 2.24) is 16.0 Å². The zero-order valence-electron chi connectivity index (χ0n) is 18.8. The van der Waals surface area contributed by atoms with Crippen molar-refractivity contribution in [3.8, 4) is 0 Å². The first-order valence-electron chi connectivity index (χ1n) is 11.6. The number of amides is 1. The van der Waals surface area contributed by atoms with E-state index in [1.807, 2.05) is 12.1 Å². The van der Waals surface area contributed by atoms with Crippen molar-refractivity contribution >= 4 is 18.5 Å². The third-order valence-corrected chi connectivity index (χ3v) is 6.81. The molecule has 2 aromatic rings. The summed E-state index contributed by atoms with van der Waals surface area (Å²) in [4.78, 5) is 13.1. The number of rotatable bonds is 11. The van der Waals surface area contributed by atoms with Gasteiger partial charge in [0.1, 0.15) is 0 Å². The highest BCUT2D eigenvalue weighted by Gasteiger charge is 2.27. The molecule has 1 aliphatic heterocycles. The molecule has 0 spiro atoms. The second-order valence-corrected chi connectivity index (χ2v) is 9.45. The Balaban J connectivity index is 1.58. The van der Waals surface area contributed by atoms with Crippen molar-refractivity contribution < 1.29 is 4.79 Å². The molecule has 4 atom stereocenters. The normalized spacial score (nSPS) is 20.5. The molecule has 0 aromatic heterocycles. The number of benzene rings is 2. The van der Waals surface area contributed by atoms with Gasteiger partial charge in [0.2, 0.25) is 5.91 Å². The maximum atomic E-state index is 13.1. The van der Waals surface area contributed by atoms with Crippen LogP contribution in [0.5, 0.6) is 0 Å². The van der Waals surface area contributed by atoms with E-state index in [1.54, 1.807) is 0 Å². The highest BCUT2D eigenvalue weighted by Crippen LogP contribution is 2.27. The molecule has 0 saturated carbocycles. The Kier molecular flexibility index (Phi) is 9.44. The zero-order chi connectivity index (χ0) is 22.1. The summed E-state index contributed by atoms with van der Waals surface area (Å²) >= 11 is 4.55. The second kappa shape index (κ2) is 12.3. The van der Waals surface area contributed by atoms with Crippen LogP contribution in [-0.4, -0.2) is 42.9 Å². The number of hydrogen-bond acceptors (Lipinski definition) is 4. The zero-order valence-corrected chi connectivity index (χ0v) is 19.7. The van der Waals surface area contributed by atoms with Gasteiger partial charge in [-0.3, -0.25) is 4.79 Å². The minimum absolute atomic E-state index is 0.106. The average Bonchev–Trinajstić information content (AvgIpc) is 3.22. The third kappa shape index (κ3) is 7.09. The summed E-state index contributed by atoms with van der Waals surface area (Å²) < 4.78 is 0. The lowest BCUT2D eigenvalue weighted by Gasteiger charge is -2.26. The minimum Gasteiger partial charge on any atom is -0.355 e. The Morgan fingerprint density at radius 3 is 2.23 bits per heavy atom. The SMILES string of the molecule is CC[C@H](C)[C@H](NC[C@H]1C[C@@H](S)CN1)C(=O)NCCC(c1ccccc1)c1ccccc1. The van der Waals surface area contributed by atoms with Crippen molar-refractivity contribution in [2.75, 3.05) is 19.6 Å². The lowest BCUT2D eigenvalue weighted by Crippen LogP contribution is -2.51. The average molecular weight is 440 g/mol. The first-order valence-corrected chi connectivity index (χ1v) is 12.1. The van der Waals surface area contributed by atoms with E-state index in [2.05, 4.69) is 91.0 Å². The molecule has 0 bridgehead atoms. The van der Waals surface area contributed by atoms with Gasteiger partial charge in [0.05, 0.1) is 6.04 Å². The Morgan fingerprint density at radius 2 is 1.71 bits per heavy atom. The Morgan fingerprint density at radius 1 is 1.10 bits per heavy atom. The van der Waals surface area contributed by atoms with E-state index < -0.39 is 0 Å². The number of thiol groups is 1. The number of nitrogens with one attached hydrogen (secondary N) is 3. The summed E-state index contributed by atoms with van der Waals surface area (Å²) in [7, 11) is 0. The van der Waals surface area contributed by atoms with Crippen LogP contribution in [0.4, 0.5) is 0 Å². The van der Waals surface area contributed by atoms with Crippen molar-refractivity contribution in [3.63, 3.8) is 0 Å².